The van der Waals surface area contributed by atoms with E-state index in [4.69, 9.17) is 18.9 Å². The highest BCUT2D eigenvalue weighted by Gasteiger charge is 2.35. The number of benzene rings is 2. The Morgan fingerprint density at radius 2 is 1.79 bits per heavy atom. The van der Waals surface area contributed by atoms with Crippen LogP contribution in [-0.4, -0.2) is 37.6 Å². The number of ether oxygens (including phenoxy) is 4. The molecule has 0 saturated carbocycles. The Labute approximate surface area is 173 Å². The molecular weight excluding hydrogens is 368 g/mol. The van der Waals surface area contributed by atoms with Crippen LogP contribution in [0.2, 0.25) is 0 Å². The minimum absolute atomic E-state index is 0.00868. The molecule has 1 fully saturated rings. The van der Waals surface area contributed by atoms with Crippen LogP contribution in [0, 0.1) is 11.8 Å². The van der Waals surface area contributed by atoms with E-state index in [-0.39, 0.29) is 30.7 Å². The van der Waals surface area contributed by atoms with Crippen molar-refractivity contribution in [2.24, 2.45) is 11.8 Å². The van der Waals surface area contributed by atoms with E-state index in [0.717, 1.165) is 23.3 Å². The number of rotatable bonds is 9. The van der Waals surface area contributed by atoms with Gasteiger partial charge >= 0.3 is 0 Å². The van der Waals surface area contributed by atoms with Crippen LogP contribution in [0.25, 0.3) is 0 Å². The van der Waals surface area contributed by atoms with Crippen LogP contribution < -0.4 is 4.74 Å². The van der Waals surface area contributed by atoms with Gasteiger partial charge in [0.2, 0.25) is 0 Å². The van der Waals surface area contributed by atoms with Crippen LogP contribution in [-0.2, 0) is 20.8 Å². The van der Waals surface area contributed by atoms with Crippen molar-refractivity contribution in [3.05, 3.63) is 65.7 Å². The third-order valence-corrected chi connectivity index (χ3v) is 5.60. The van der Waals surface area contributed by atoms with Crippen molar-refractivity contribution in [3.8, 4) is 5.75 Å². The molecule has 0 unspecified atom stereocenters. The summed E-state index contributed by atoms with van der Waals surface area (Å²) in [7, 11) is 1.65. The second-order valence-corrected chi connectivity index (χ2v) is 7.72. The zero-order valence-electron chi connectivity index (χ0n) is 17.5. The number of hydrogen-bond donors (Lipinski definition) is 1. The molecule has 29 heavy (non-hydrogen) atoms. The quantitative estimate of drug-likeness (QED) is 0.678. The maximum absolute atomic E-state index is 9.77. The zero-order chi connectivity index (χ0) is 20.6. The number of hydrogen-bond acceptors (Lipinski definition) is 5. The number of methoxy groups -OCH3 is 1. The Balaban J connectivity index is 1.66. The predicted octanol–water partition coefficient (Wildman–Crippen LogP) is 4.35. The summed E-state index contributed by atoms with van der Waals surface area (Å²) in [5, 5.41) is 9.77. The maximum atomic E-state index is 9.77. The topological polar surface area (TPSA) is 57.2 Å². The van der Waals surface area contributed by atoms with E-state index in [1.54, 1.807) is 7.11 Å². The van der Waals surface area contributed by atoms with Gasteiger partial charge in [-0.1, -0.05) is 56.3 Å². The molecule has 1 aliphatic rings. The van der Waals surface area contributed by atoms with Crippen molar-refractivity contribution in [3.63, 3.8) is 0 Å². The van der Waals surface area contributed by atoms with Crippen LogP contribution in [0.3, 0.4) is 0 Å². The average molecular weight is 401 g/mol. The fourth-order valence-corrected chi connectivity index (χ4v) is 3.80. The second-order valence-electron chi connectivity index (χ2n) is 7.72. The van der Waals surface area contributed by atoms with Crippen LogP contribution >= 0.6 is 0 Å². The van der Waals surface area contributed by atoms with Gasteiger partial charge in [-0.25, -0.2) is 0 Å². The molecule has 5 atom stereocenters. The van der Waals surface area contributed by atoms with Crippen LogP contribution in [0.15, 0.2) is 54.6 Å². The summed E-state index contributed by atoms with van der Waals surface area (Å²) in [6.07, 6.45) is 0.281. The molecule has 0 spiro atoms. The maximum Gasteiger partial charge on any atom is 0.184 e. The van der Waals surface area contributed by atoms with Crippen molar-refractivity contribution >= 4 is 0 Å². The van der Waals surface area contributed by atoms with Gasteiger partial charge in [0.15, 0.2) is 6.29 Å². The van der Waals surface area contributed by atoms with E-state index in [0.29, 0.717) is 13.2 Å². The molecule has 0 radical (unpaired) electrons. The third-order valence-electron chi connectivity index (χ3n) is 5.60. The Morgan fingerprint density at radius 1 is 1.07 bits per heavy atom. The summed E-state index contributed by atoms with van der Waals surface area (Å²) < 4.78 is 23.7. The molecule has 1 heterocycles. The first-order valence-electron chi connectivity index (χ1n) is 10.3. The van der Waals surface area contributed by atoms with Crippen molar-refractivity contribution in [2.75, 3.05) is 20.3 Å². The van der Waals surface area contributed by atoms with Gasteiger partial charge in [-0.15, -0.1) is 0 Å². The molecule has 0 amide bonds. The predicted molar refractivity (Wildman–Crippen MR) is 112 cm³/mol. The van der Waals surface area contributed by atoms with E-state index in [2.05, 4.69) is 19.1 Å². The zero-order valence-corrected chi connectivity index (χ0v) is 17.5. The molecular formula is C24H32O5. The first-order valence-corrected chi connectivity index (χ1v) is 10.3. The van der Waals surface area contributed by atoms with Gasteiger partial charge < -0.3 is 24.1 Å². The molecule has 0 bridgehead atoms. The molecule has 5 nitrogen and oxygen atoms in total. The van der Waals surface area contributed by atoms with Gasteiger partial charge in [0, 0.05) is 24.0 Å². The molecule has 1 N–H and O–H groups in total. The Morgan fingerprint density at radius 3 is 2.45 bits per heavy atom. The average Bonchev–Trinajstić information content (AvgIpc) is 2.79. The Bertz CT molecular complexity index is 718. The van der Waals surface area contributed by atoms with E-state index < -0.39 is 6.29 Å². The third kappa shape index (κ3) is 5.80. The molecule has 2 aromatic rings. The first kappa shape index (κ1) is 21.8. The minimum Gasteiger partial charge on any atom is -0.497 e. The van der Waals surface area contributed by atoms with Crippen molar-refractivity contribution in [1.29, 1.82) is 0 Å². The van der Waals surface area contributed by atoms with E-state index in [1.165, 1.54) is 0 Å². The lowest BCUT2D eigenvalue weighted by Crippen LogP contribution is -2.42. The fourth-order valence-electron chi connectivity index (χ4n) is 3.80. The molecule has 3 rings (SSSR count). The normalized spacial score (nSPS) is 22.6. The lowest BCUT2D eigenvalue weighted by Gasteiger charge is -2.38. The molecule has 2 aromatic carbocycles. The standard InChI is InChI=1S/C24H32O5/c1-17(15-25)23(28-16-19-7-5-4-6-8-19)18(2)22-13-14-27-24(29-22)20-9-11-21(26-3)12-10-20/h4-12,17-18,22-25H,13-16H2,1-3H3/t17-,18+,22+,23-,24+/m0/s1. The van der Waals surface area contributed by atoms with Gasteiger partial charge in [-0.2, -0.15) is 0 Å². The van der Waals surface area contributed by atoms with Gasteiger partial charge in [-0.05, 0) is 24.1 Å². The highest BCUT2D eigenvalue weighted by atomic mass is 16.7. The largest absolute Gasteiger partial charge is 0.497 e. The van der Waals surface area contributed by atoms with E-state index >= 15 is 0 Å². The Kier molecular flexibility index (Phi) is 8.07. The van der Waals surface area contributed by atoms with Crippen molar-refractivity contribution in [1.82, 2.24) is 0 Å². The first-order chi connectivity index (χ1) is 14.1. The monoisotopic (exact) mass is 400 g/mol. The molecule has 158 valence electrons. The van der Waals surface area contributed by atoms with Gasteiger partial charge in [-0.3, -0.25) is 0 Å². The van der Waals surface area contributed by atoms with E-state index in [9.17, 15) is 5.11 Å². The summed E-state index contributed by atoms with van der Waals surface area (Å²) in [5.41, 5.74) is 2.10. The van der Waals surface area contributed by atoms with Crippen LogP contribution in [0.4, 0.5) is 0 Å². The lowest BCUT2D eigenvalue weighted by molar-refractivity contribution is -0.239. The molecule has 1 aliphatic heterocycles. The number of aliphatic hydroxyl groups is 1. The lowest BCUT2D eigenvalue weighted by atomic mass is 9.87. The van der Waals surface area contributed by atoms with Crippen LogP contribution in [0.1, 0.15) is 37.7 Å². The van der Waals surface area contributed by atoms with Crippen molar-refractivity contribution < 1.29 is 24.1 Å². The minimum atomic E-state index is -0.402. The second kappa shape index (κ2) is 10.7. The summed E-state index contributed by atoms with van der Waals surface area (Å²) in [6, 6.07) is 17.9. The van der Waals surface area contributed by atoms with Gasteiger partial charge in [0.25, 0.3) is 0 Å². The Hall–Kier alpha value is -1.92. The molecule has 0 aromatic heterocycles. The highest BCUT2D eigenvalue weighted by molar-refractivity contribution is 5.28. The highest BCUT2D eigenvalue weighted by Crippen LogP contribution is 2.33. The van der Waals surface area contributed by atoms with E-state index in [1.807, 2.05) is 49.4 Å². The fraction of sp³-hybridized carbons (Fsp3) is 0.500. The van der Waals surface area contributed by atoms with Crippen LogP contribution in [0.5, 0.6) is 5.75 Å². The summed E-state index contributed by atoms with van der Waals surface area (Å²) in [5.74, 6) is 0.936. The summed E-state index contributed by atoms with van der Waals surface area (Å²) >= 11 is 0. The number of aliphatic hydroxyl groups excluding tert-OH is 1. The SMILES string of the molecule is COc1ccc([C@@H]2OCC[C@H]([C@@H](C)[C@@H](OCc3ccccc3)[C@@H](C)CO)O2)cc1. The van der Waals surface area contributed by atoms with Gasteiger partial charge in [0.05, 0.1) is 32.5 Å². The smallest absolute Gasteiger partial charge is 0.184 e. The summed E-state index contributed by atoms with van der Waals surface area (Å²) in [4.78, 5) is 0. The van der Waals surface area contributed by atoms with Gasteiger partial charge in [0.1, 0.15) is 5.75 Å². The molecule has 1 saturated heterocycles. The van der Waals surface area contributed by atoms with Crippen molar-refractivity contribution in [2.45, 2.75) is 45.4 Å². The molecule has 0 aliphatic carbocycles. The molecule has 5 heteroatoms. The summed E-state index contributed by atoms with van der Waals surface area (Å²) in [6.45, 7) is 5.39.